The van der Waals surface area contributed by atoms with Crippen molar-refractivity contribution in [1.82, 2.24) is 20.1 Å². The topological polar surface area (TPSA) is 76.9 Å². The maximum atomic E-state index is 12.4. The Balaban J connectivity index is 2.36. The fraction of sp³-hybridized carbons (Fsp3) is 0.529. The summed E-state index contributed by atoms with van der Waals surface area (Å²) in [6, 6.07) is 0. The Morgan fingerprint density at radius 1 is 1.25 bits per heavy atom. The van der Waals surface area contributed by atoms with E-state index in [1.807, 2.05) is 13.8 Å². The molecule has 0 unspecified atom stereocenters. The monoisotopic (exact) mass is 348 g/mol. The van der Waals surface area contributed by atoms with Crippen molar-refractivity contribution in [3.05, 3.63) is 32.2 Å². The lowest BCUT2D eigenvalue weighted by Crippen LogP contribution is -2.25. The van der Waals surface area contributed by atoms with Crippen molar-refractivity contribution < 1.29 is 4.79 Å². The summed E-state index contributed by atoms with van der Waals surface area (Å²) in [7, 11) is 1.62. The van der Waals surface area contributed by atoms with Crippen LogP contribution in [-0.4, -0.2) is 27.2 Å². The molecule has 2 heterocycles. The molecule has 0 aliphatic rings. The number of aryl methyl sites for hydroxylation is 3. The first-order valence-electron chi connectivity index (χ1n) is 8.02. The van der Waals surface area contributed by atoms with Crippen molar-refractivity contribution in [2.75, 3.05) is 6.54 Å². The van der Waals surface area contributed by atoms with Gasteiger partial charge in [0.25, 0.3) is 11.5 Å². The van der Waals surface area contributed by atoms with E-state index in [-0.39, 0.29) is 11.5 Å². The van der Waals surface area contributed by atoms with E-state index >= 15 is 0 Å². The molecule has 2 rings (SSSR count). The third-order valence-electron chi connectivity index (χ3n) is 3.95. The number of carbonyl (C=O) groups excluding carboxylic acids is 1. The average Bonchev–Trinajstić information content (AvgIpc) is 2.87. The van der Waals surface area contributed by atoms with E-state index in [0.717, 1.165) is 17.7 Å². The zero-order valence-corrected chi connectivity index (χ0v) is 15.9. The molecule has 1 N–H and O–H groups in total. The second-order valence-electron chi connectivity index (χ2n) is 6.39. The molecule has 2 aromatic heterocycles. The van der Waals surface area contributed by atoms with Crippen molar-refractivity contribution in [3.8, 4) is 10.6 Å². The predicted molar refractivity (Wildman–Crippen MR) is 96.6 cm³/mol. The summed E-state index contributed by atoms with van der Waals surface area (Å²) in [5, 5.41) is 7.68. The molecule has 0 saturated carbocycles. The van der Waals surface area contributed by atoms with Crippen LogP contribution in [0.3, 0.4) is 0 Å². The van der Waals surface area contributed by atoms with Crippen molar-refractivity contribution >= 4 is 17.2 Å². The summed E-state index contributed by atoms with van der Waals surface area (Å²) >= 11 is 1.26. The van der Waals surface area contributed by atoms with Gasteiger partial charge in [0, 0.05) is 13.6 Å². The molecule has 130 valence electrons. The molecular weight excluding hydrogens is 324 g/mol. The Kier molecular flexibility index (Phi) is 5.54. The lowest BCUT2D eigenvalue weighted by atomic mass is 10.1. The maximum Gasteiger partial charge on any atom is 0.277 e. The van der Waals surface area contributed by atoms with E-state index in [2.05, 4.69) is 29.2 Å². The molecular formula is C17H24N4O2S. The third kappa shape index (κ3) is 3.72. The smallest absolute Gasteiger partial charge is 0.277 e. The van der Waals surface area contributed by atoms with E-state index in [4.69, 9.17) is 0 Å². The number of nitrogens with one attached hydrogen (secondary N) is 1. The van der Waals surface area contributed by atoms with Gasteiger partial charge in [0.1, 0.15) is 9.88 Å². The Labute approximate surface area is 145 Å². The van der Waals surface area contributed by atoms with Gasteiger partial charge in [-0.3, -0.25) is 9.59 Å². The molecule has 0 saturated heterocycles. The molecule has 7 heteroatoms. The van der Waals surface area contributed by atoms with Crippen LogP contribution >= 0.6 is 11.3 Å². The van der Waals surface area contributed by atoms with Gasteiger partial charge in [-0.1, -0.05) is 13.8 Å². The van der Waals surface area contributed by atoms with Crippen LogP contribution in [0, 0.1) is 26.7 Å². The molecule has 0 aliphatic carbocycles. The van der Waals surface area contributed by atoms with Crippen LogP contribution in [0.1, 0.15) is 46.9 Å². The highest BCUT2D eigenvalue weighted by atomic mass is 32.1. The zero-order valence-electron chi connectivity index (χ0n) is 15.1. The van der Waals surface area contributed by atoms with Gasteiger partial charge in [-0.2, -0.15) is 5.10 Å². The quantitative estimate of drug-likeness (QED) is 0.901. The van der Waals surface area contributed by atoms with Crippen molar-refractivity contribution in [2.24, 2.45) is 13.0 Å². The zero-order chi connectivity index (χ0) is 18.0. The third-order valence-corrected chi connectivity index (χ3v) is 5.12. The van der Waals surface area contributed by atoms with Gasteiger partial charge in [0.15, 0.2) is 0 Å². The Morgan fingerprint density at radius 2 is 1.92 bits per heavy atom. The molecule has 6 nitrogen and oxygen atoms in total. The molecule has 0 fully saturated rings. The molecule has 0 spiro atoms. The van der Waals surface area contributed by atoms with Crippen molar-refractivity contribution in [3.63, 3.8) is 0 Å². The maximum absolute atomic E-state index is 12.4. The summed E-state index contributed by atoms with van der Waals surface area (Å²) in [4.78, 5) is 29.8. The van der Waals surface area contributed by atoms with Crippen LogP contribution < -0.4 is 10.9 Å². The molecule has 0 atom stereocenters. The highest BCUT2D eigenvalue weighted by Gasteiger charge is 2.20. The van der Waals surface area contributed by atoms with Crippen LogP contribution in [0.4, 0.5) is 0 Å². The van der Waals surface area contributed by atoms with Gasteiger partial charge in [-0.05, 0) is 38.7 Å². The highest BCUT2D eigenvalue weighted by molar-refractivity contribution is 7.17. The summed E-state index contributed by atoms with van der Waals surface area (Å²) in [6.07, 6.45) is 0.930. The van der Waals surface area contributed by atoms with E-state index in [0.29, 0.717) is 33.6 Å². The molecule has 24 heavy (non-hydrogen) atoms. The lowest BCUT2D eigenvalue weighted by Gasteiger charge is -2.07. The summed E-state index contributed by atoms with van der Waals surface area (Å²) in [5.74, 6) is 0.408. The molecule has 0 radical (unpaired) electrons. The van der Waals surface area contributed by atoms with Gasteiger partial charge in [0.05, 0.1) is 17.0 Å². The van der Waals surface area contributed by atoms with Crippen LogP contribution in [0.25, 0.3) is 10.6 Å². The van der Waals surface area contributed by atoms with Crippen molar-refractivity contribution in [2.45, 2.75) is 41.0 Å². The molecule has 0 aromatic carbocycles. The first-order valence-corrected chi connectivity index (χ1v) is 8.84. The Bertz CT molecular complexity index is 821. The number of thiazole rings is 1. The summed E-state index contributed by atoms with van der Waals surface area (Å²) in [5.41, 5.74) is 2.56. The fourth-order valence-corrected chi connectivity index (χ4v) is 3.45. The minimum Gasteiger partial charge on any atom is -0.351 e. The molecule has 1 amide bonds. The fourth-order valence-electron chi connectivity index (χ4n) is 2.37. The number of carbonyl (C=O) groups is 1. The van der Waals surface area contributed by atoms with Gasteiger partial charge in [0.2, 0.25) is 0 Å². The van der Waals surface area contributed by atoms with E-state index < -0.39 is 0 Å². The number of aromatic nitrogens is 3. The van der Waals surface area contributed by atoms with Crippen LogP contribution in [0.5, 0.6) is 0 Å². The predicted octanol–water partition coefficient (Wildman–Crippen LogP) is 2.60. The minimum atomic E-state index is -0.196. The number of hydrogen-bond acceptors (Lipinski definition) is 5. The van der Waals surface area contributed by atoms with Gasteiger partial charge in [-0.25, -0.2) is 9.67 Å². The standard InChI is InChI=1S/C17H24N4O2S/c1-9(2)7-8-18-15(22)14-12(5)19-16(24-14)13-10(3)11(4)20-21(6)17(13)23/h9H,7-8H2,1-6H3,(H,18,22). The average molecular weight is 348 g/mol. The highest BCUT2D eigenvalue weighted by Crippen LogP contribution is 2.28. The van der Waals surface area contributed by atoms with Crippen LogP contribution in [0.2, 0.25) is 0 Å². The molecule has 0 aliphatic heterocycles. The summed E-state index contributed by atoms with van der Waals surface area (Å²) < 4.78 is 1.32. The molecule has 0 bridgehead atoms. The van der Waals surface area contributed by atoms with E-state index in [1.165, 1.54) is 16.0 Å². The number of rotatable bonds is 5. The first-order chi connectivity index (χ1) is 11.2. The van der Waals surface area contributed by atoms with Crippen LogP contribution in [0.15, 0.2) is 4.79 Å². The second-order valence-corrected chi connectivity index (χ2v) is 7.39. The van der Waals surface area contributed by atoms with Gasteiger partial charge in [-0.15, -0.1) is 11.3 Å². The minimum absolute atomic E-state index is 0.128. The largest absolute Gasteiger partial charge is 0.351 e. The molecule has 2 aromatic rings. The van der Waals surface area contributed by atoms with Gasteiger partial charge >= 0.3 is 0 Å². The number of hydrogen-bond donors (Lipinski definition) is 1. The number of nitrogens with zero attached hydrogens (tertiary/aromatic N) is 3. The normalized spacial score (nSPS) is 11.1. The van der Waals surface area contributed by atoms with E-state index in [1.54, 1.807) is 14.0 Å². The van der Waals surface area contributed by atoms with Crippen molar-refractivity contribution in [1.29, 1.82) is 0 Å². The van der Waals surface area contributed by atoms with E-state index in [9.17, 15) is 9.59 Å². The first kappa shape index (κ1) is 18.3. The Hall–Kier alpha value is -2.02. The SMILES string of the molecule is Cc1nc(-c2c(C)c(C)nn(C)c2=O)sc1C(=O)NCCC(C)C. The lowest BCUT2D eigenvalue weighted by molar-refractivity contribution is 0.0955. The number of amides is 1. The summed E-state index contributed by atoms with van der Waals surface area (Å²) in [6.45, 7) is 10.4. The van der Waals surface area contributed by atoms with Gasteiger partial charge < -0.3 is 5.32 Å². The van der Waals surface area contributed by atoms with Crippen LogP contribution in [-0.2, 0) is 7.05 Å². The second kappa shape index (κ2) is 7.25. The Morgan fingerprint density at radius 3 is 2.54 bits per heavy atom.